The molecule has 144 valence electrons. The van der Waals surface area contributed by atoms with Crippen LogP contribution < -0.4 is 4.90 Å². The van der Waals surface area contributed by atoms with E-state index in [0.29, 0.717) is 5.91 Å². The summed E-state index contributed by atoms with van der Waals surface area (Å²) in [6.45, 7) is 6.77. The minimum atomic E-state index is 0.134. The topological polar surface area (TPSA) is 49.3 Å². The number of hydrogen-bond donors (Lipinski definition) is 0. The third kappa shape index (κ3) is 4.85. The second-order valence-corrected chi connectivity index (χ2v) is 7.52. The number of rotatable bonds is 6. The molecule has 1 aromatic carbocycles. The van der Waals surface area contributed by atoms with E-state index in [9.17, 15) is 4.79 Å². The number of carbonyl (C=O) groups is 1. The third-order valence-corrected chi connectivity index (χ3v) is 5.34. The second-order valence-electron chi connectivity index (χ2n) is 7.52. The van der Waals surface area contributed by atoms with E-state index in [1.807, 2.05) is 24.3 Å². The number of carbonyl (C=O) groups excluding carboxylic acids is 1. The summed E-state index contributed by atoms with van der Waals surface area (Å²) in [6, 6.07) is 8.36. The molecule has 27 heavy (non-hydrogen) atoms. The zero-order chi connectivity index (χ0) is 19.2. The highest BCUT2D eigenvalue weighted by molar-refractivity contribution is 5.78. The van der Waals surface area contributed by atoms with Crippen molar-refractivity contribution < 1.29 is 4.79 Å². The highest BCUT2D eigenvalue weighted by atomic mass is 16.2. The van der Waals surface area contributed by atoms with E-state index in [-0.39, 0.29) is 5.92 Å². The van der Waals surface area contributed by atoms with E-state index in [1.54, 1.807) is 0 Å². The van der Waals surface area contributed by atoms with Gasteiger partial charge in [0.05, 0.1) is 0 Å². The monoisotopic (exact) mass is 366 g/mol. The van der Waals surface area contributed by atoms with Gasteiger partial charge in [0.15, 0.2) is 0 Å². The van der Waals surface area contributed by atoms with Gasteiger partial charge in [-0.25, -0.2) is 9.97 Å². The van der Waals surface area contributed by atoms with E-state index in [0.717, 1.165) is 62.4 Å². The molecule has 2 aromatic rings. The van der Waals surface area contributed by atoms with Crippen LogP contribution in [0, 0.1) is 12.8 Å². The fourth-order valence-electron chi connectivity index (χ4n) is 3.60. The Kier molecular flexibility index (Phi) is 6.43. The Morgan fingerprint density at radius 3 is 2.52 bits per heavy atom. The van der Waals surface area contributed by atoms with Gasteiger partial charge < -0.3 is 9.80 Å². The quantitative estimate of drug-likeness (QED) is 0.777. The Labute approximate surface area is 162 Å². The number of nitrogens with zero attached hydrogens (tertiary/aromatic N) is 4. The molecule has 1 aromatic heterocycles. The number of amides is 1. The Morgan fingerprint density at radius 2 is 1.89 bits per heavy atom. The highest BCUT2D eigenvalue weighted by Gasteiger charge is 2.27. The van der Waals surface area contributed by atoms with Crippen LogP contribution in [0.3, 0.4) is 0 Å². The number of benzene rings is 1. The molecule has 0 atom stereocenters. The summed E-state index contributed by atoms with van der Waals surface area (Å²) in [5, 5.41) is 0. The smallest absolute Gasteiger partial charge is 0.225 e. The maximum absolute atomic E-state index is 12.6. The minimum Gasteiger partial charge on any atom is -0.346 e. The molecule has 0 saturated carbocycles. The SMILES string of the molecule is CCCCN(C)C(=O)C1CCN(c2ncc(-c3cccc(C)c3)cn2)CC1. The lowest BCUT2D eigenvalue weighted by molar-refractivity contribution is -0.134. The van der Waals surface area contributed by atoms with Crippen LogP contribution in [0.1, 0.15) is 38.2 Å². The first-order valence-corrected chi connectivity index (χ1v) is 9.97. The van der Waals surface area contributed by atoms with Crippen molar-refractivity contribution in [1.29, 1.82) is 0 Å². The van der Waals surface area contributed by atoms with Crippen LogP contribution in [0.4, 0.5) is 5.95 Å². The summed E-state index contributed by atoms with van der Waals surface area (Å²) < 4.78 is 0. The van der Waals surface area contributed by atoms with E-state index >= 15 is 0 Å². The van der Waals surface area contributed by atoms with Gasteiger partial charge in [-0.05, 0) is 31.7 Å². The standard InChI is InChI=1S/C22H30N4O/c1-4-5-11-25(3)21(27)18-9-12-26(13-10-18)22-23-15-20(16-24-22)19-8-6-7-17(2)14-19/h6-8,14-16,18H,4-5,9-13H2,1-3H3. The van der Waals surface area contributed by atoms with Crippen molar-refractivity contribution in [3.63, 3.8) is 0 Å². The number of anilines is 1. The van der Waals surface area contributed by atoms with Crippen molar-refractivity contribution in [3.8, 4) is 11.1 Å². The Balaban J connectivity index is 1.57. The number of hydrogen-bond acceptors (Lipinski definition) is 4. The molecule has 0 N–H and O–H groups in total. The summed E-state index contributed by atoms with van der Waals surface area (Å²) in [6.07, 6.45) is 7.73. The molecule has 0 radical (unpaired) electrons. The molecule has 2 heterocycles. The molecular weight excluding hydrogens is 336 g/mol. The highest BCUT2D eigenvalue weighted by Crippen LogP contribution is 2.24. The average Bonchev–Trinajstić information content (AvgIpc) is 2.71. The average molecular weight is 367 g/mol. The molecule has 3 rings (SSSR count). The van der Waals surface area contributed by atoms with Crippen molar-refractivity contribution in [1.82, 2.24) is 14.9 Å². The summed E-state index contributed by atoms with van der Waals surface area (Å²) in [5.41, 5.74) is 3.40. The van der Waals surface area contributed by atoms with E-state index in [1.165, 1.54) is 5.56 Å². The van der Waals surface area contributed by atoms with Gasteiger partial charge in [0.2, 0.25) is 11.9 Å². The van der Waals surface area contributed by atoms with Gasteiger partial charge in [-0.3, -0.25) is 4.79 Å². The molecule has 0 spiro atoms. The zero-order valence-electron chi connectivity index (χ0n) is 16.7. The van der Waals surface area contributed by atoms with Crippen LogP contribution in [-0.4, -0.2) is 47.5 Å². The maximum atomic E-state index is 12.6. The van der Waals surface area contributed by atoms with Crippen LogP contribution in [-0.2, 0) is 4.79 Å². The van der Waals surface area contributed by atoms with Gasteiger partial charge >= 0.3 is 0 Å². The molecule has 5 heteroatoms. The van der Waals surface area contributed by atoms with Crippen molar-refractivity contribution in [2.24, 2.45) is 5.92 Å². The van der Waals surface area contributed by atoms with Crippen molar-refractivity contribution in [2.45, 2.75) is 39.5 Å². The molecule has 1 saturated heterocycles. The fourth-order valence-corrected chi connectivity index (χ4v) is 3.60. The predicted molar refractivity (Wildman–Crippen MR) is 110 cm³/mol. The largest absolute Gasteiger partial charge is 0.346 e. The van der Waals surface area contributed by atoms with E-state index in [2.05, 4.69) is 53.0 Å². The zero-order valence-corrected chi connectivity index (χ0v) is 16.7. The van der Waals surface area contributed by atoms with Crippen LogP contribution in [0.25, 0.3) is 11.1 Å². The molecule has 1 amide bonds. The van der Waals surface area contributed by atoms with Gasteiger partial charge in [-0.2, -0.15) is 0 Å². The molecular formula is C22H30N4O. The summed E-state index contributed by atoms with van der Waals surface area (Å²) in [4.78, 5) is 25.8. The first-order valence-electron chi connectivity index (χ1n) is 9.97. The van der Waals surface area contributed by atoms with Gasteiger partial charge in [0.25, 0.3) is 0 Å². The number of aromatic nitrogens is 2. The minimum absolute atomic E-state index is 0.134. The molecule has 0 unspecified atom stereocenters. The van der Waals surface area contributed by atoms with Crippen LogP contribution in [0.5, 0.6) is 0 Å². The van der Waals surface area contributed by atoms with Crippen LogP contribution >= 0.6 is 0 Å². The van der Waals surface area contributed by atoms with Crippen molar-refractivity contribution >= 4 is 11.9 Å². The summed E-state index contributed by atoms with van der Waals surface area (Å²) in [5.74, 6) is 1.19. The number of unbranched alkanes of at least 4 members (excludes halogenated alkanes) is 1. The van der Waals surface area contributed by atoms with Gasteiger partial charge in [0.1, 0.15) is 0 Å². The summed E-state index contributed by atoms with van der Waals surface area (Å²) in [7, 11) is 1.93. The molecule has 0 aliphatic carbocycles. The molecule has 1 fully saturated rings. The lowest BCUT2D eigenvalue weighted by Crippen LogP contribution is -2.42. The molecule has 1 aliphatic rings. The van der Waals surface area contributed by atoms with E-state index in [4.69, 9.17) is 0 Å². The Bertz CT molecular complexity index is 751. The lowest BCUT2D eigenvalue weighted by atomic mass is 9.95. The normalized spacial score (nSPS) is 15.0. The Hall–Kier alpha value is -2.43. The first-order chi connectivity index (χ1) is 13.1. The second kappa shape index (κ2) is 8.98. The van der Waals surface area contributed by atoms with Crippen molar-refractivity contribution in [2.75, 3.05) is 31.6 Å². The fraction of sp³-hybridized carbons (Fsp3) is 0.500. The third-order valence-electron chi connectivity index (χ3n) is 5.34. The first kappa shape index (κ1) is 19.3. The Morgan fingerprint density at radius 1 is 1.19 bits per heavy atom. The predicted octanol–water partition coefficient (Wildman–Crippen LogP) is 3.93. The van der Waals surface area contributed by atoms with Gasteiger partial charge in [-0.15, -0.1) is 0 Å². The summed E-state index contributed by atoms with van der Waals surface area (Å²) >= 11 is 0. The van der Waals surface area contributed by atoms with Crippen LogP contribution in [0.15, 0.2) is 36.7 Å². The molecule has 0 bridgehead atoms. The van der Waals surface area contributed by atoms with Gasteiger partial charge in [0, 0.05) is 50.6 Å². The number of piperidine rings is 1. The van der Waals surface area contributed by atoms with Crippen LogP contribution in [0.2, 0.25) is 0 Å². The molecule has 1 aliphatic heterocycles. The number of aryl methyl sites for hydroxylation is 1. The van der Waals surface area contributed by atoms with Crippen molar-refractivity contribution in [3.05, 3.63) is 42.2 Å². The molecule has 5 nitrogen and oxygen atoms in total. The maximum Gasteiger partial charge on any atom is 0.225 e. The van der Waals surface area contributed by atoms with E-state index < -0.39 is 0 Å². The van der Waals surface area contributed by atoms with Gasteiger partial charge in [-0.1, -0.05) is 43.2 Å². The lowest BCUT2D eigenvalue weighted by Gasteiger charge is -2.33.